The Balaban J connectivity index is 1.53. The molecule has 1 unspecified atom stereocenters. The average molecular weight is 466 g/mol. The molecule has 34 heavy (non-hydrogen) atoms. The molecule has 2 heterocycles. The molecule has 2 N–H and O–H groups in total. The number of likely N-dealkylation sites (tertiary alicyclic amines) is 1. The Morgan fingerprint density at radius 2 is 1.88 bits per heavy atom. The molecule has 1 saturated heterocycles. The molecule has 8 heteroatoms. The van der Waals surface area contributed by atoms with Crippen LogP contribution in [0.2, 0.25) is 0 Å². The number of aromatic nitrogens is 2. The molecule has 180 valence electrons. The third-order valence-corrected chi connectivity index (χ3v) is 6.19. The second-order valence-corrected chi connectivity index (χ2v) is 8.94. The highest BCUT2D eigenvalue weighted by atomic mass is 19.1. The first-order valence-corrected chi connectivity index (χ1v) is 11.6. The molecule has 3 aromatic rings. The van der Waals surface area contributed by atoms with Crippen molar-refractivity contribution in [2.75, 3.05) is 38.7 Å². The number of urea groups is 1. The predicted octanol–water partition coefficient (Wildman–Crippen LogP) is 4.37. The number of nitrogens with zero attached hydrogens (tertiary/aromatic N) is 3. The molecule has 1 fully saturated rings. The molecule has 1 aliphatic rings. The minimum Gasteiger partial charge on any atom is -0.383 e. The van der Waals surface area contributed by atoms with Gasteiger partial charge in [0.1, 0.15) is 11.6 Å². The zero-order valence-electron chi connectivity index (χ0n) is 19.9. The summed E-state index contributed by atoms with van der Waals surface area (Å²) in [6.45, 7) is 6.69. The Bertz CT molecular complexity index is 1100. The van der Waals surface area contributed by atoms with Crippen molar-refractivity contribution in [1.29, 1.82) is 0 Å². The van der Waals surface area contributed by atoms with E-state index in [1.165, 1.54) is 6.07 Å². The molecule has 0 spiro atoms. The number of carbonyl (C=O) groups is 1. The molecule has 0 radical (unpaired) electrons. The molecule has 7 nitrogen and oxygen atoms in total. The van der Waals surface area contributed by atoms with Crippen LogP contribution in [0.1, 0.15) is 36.9 Å². The van der Waals surface area contributed by atoms with Crippen LogP contribution < -0.4 is 10.6 Å². The van der Waals surface area contributed by atoms with Gasteiger partial charge in [-0.15, -0.1) is 0 Å². The molecule has 2 aromatic carbocycles. The largest absolute Gasteiger partial charge is 0.383 e. The van der Waals surface area contributed by atoms with Crippen molar-refractivity contribution in [2.24, 2.45) is 0 Å². The summed E-state index contributed by atoms with van der Waals surface area (Å²) < 4.78 is 21.6. The summed E-state index contributed by atoms with van der Waals surface area (Å²) in [6.07, 6.45) is 0. The lowest BCUT2D eigenvalue weighted by molar-refractivity contribution is 0.159. The lowest BCUT2D eigenvalue weighted by atomic mass is 9.94. The Kier molecular flexibility index (Phi) is 7.59. The second-order valence-electron chi connectivity index (χ2n) is 8.94. The van der Waals surface area contributed by atoms with Crippen LogP contribution in [-0.2, 0) is 4.74 Å². The highest BCUT2D eigenvalue weighted by Gasteiger charge is 2.36. The summed E-state index contributed by atoms with van der Waals surface area (Å²) in [5, 5.41) is 10.7. The summed E-state index contributed by atoms with van der Waals surface area (Å²) in [7, 11) is 1.66. The van der Waals surface area contributed by atoms with Gasteiger partial charge >= 0.3 is 6.03 Å². The zero-order valence-corrected chi connectivity index (χ0v) is 19.9. The molecule has 0 bridgehead atoms. The van der Waals surface area contributed by atoms with E-state index >= 15 is 0 Å². The van der Waals surface area contributed by atoms with Crippen molar-refractivity contribution < 1.29 is 13.9 Å². The van der Waals surface area contributed by atoms with Gasteiger partial charge in [0.05, 0.1) is 24.0 Å². The first kappa shape index (κ1) is 23.9. The average Bonchev–Trinajstić information content (AvgIpc) is 3.43. The Hall–Kier alpha value is -3.23. The molecular formula is C26H32FN5O2. The topological polar surface area (TPSA) is 71.4 Å². The van der Waals surface area contributed by atoms with Gasteiger partial charge < -0.3 is 10.1 Å². The van der Waals surface area contributed by atoms with Crippen LogP contribution in [0.15, 0.2) is 60.7 Å². The van der Waals surface area contributed by atoms with Crippen LogP contribution in [0.3, 0.4) is 0 Å². The van der Waals surface area contributed by atoms with Crippen LogP contribution >= 0.6 is 0 Å². The number of amides is 2. The van der Waals surface area contributed by atoms with Crippen LogP contribution in [0.5, 0.6) is 0 Å². The fraction of sp³-hybridized carbons (Fsp3) is 0.385. The van der Waals surface area contributed by atoms with Gasteiger partial charge in [-0.2, -0.15) is 5.10 Å². The number of hydrogen-bond donors (Lipinski definition) is 2. The summed E-state index contributed by atoms with van der Waals surface area (Å²) in [6, 6.07) is 17.8. The monoisotopic (exact) mass is 465 g/mol. The van der Waals surface area contributed by atoms with Gasteiger partial charge in [0, 0.05) is 38.7 Å². The predicted molar refractivity (Wildman–Crippen MR) is 131 cm³/mol. The Morgan fingerprint density at radius 3 is 2.59 bits per heavy atom. The van der Waals surface area contributed by atoms with E-state index < -0.39 is 0 Å². The number of nitrogens with one attached hydrogen (secondary N) is 2. The number of methoxy groups -OCH3 is 1. The van der Waals surface area contributed by atoms with E-state index in [0.717, 1.165) is 17.9 Å². The molecule has 0 saturated carbocycles. The molecule has 0 aliphatic carbocycles. The van der Waals surface area contributed by atoms with Gasteiger partial charge in [-0.3, -0.25) is 10.2 Å². The van der Waals surface area contributed by atoms with E-state index in [9.17, 15) is 9.18 Å². The minimum absolute atomic E-state index is 0.158. The Morgan fingerprint density at radius 1 is 1.15 bits per heavy atom. The second kappa shape index (κ2) is 10.8. The fourth-order valence-corrected chi connectivity index (χ4v) is 4.38. The standard InChI is InChI=1S/C26H32FN5O2/c1-18(2)23-15-25(32(30-23)19-9-5-4-6-10-19)29-26(33)28-24-17-31(13-14-34-3)16-21(24)20-11-7-8-12-22(20)27/h4-12,15,18,21,24H,13-14,16-17H2,1-3H3,(H2,28,29,33)/t21-,24?/m0/s1. The van der Waals surface area contributed by atoms with Crippen LogP contribution in [-0.4, -0.2) is 60.1 Å². The SMILES string of the molecule is COCCN1CC(NC(=O)Nc2cc(C(C)C)nn2-c2ccccc2)[C@H](c2ccccc2F)C1. The van der Waals surface area contributed by atoms with Gasteiger partial charge in [0.15, 0.2) is 0 Å². The van der Waals surface area contributed by atoms with Crippen molar-refractivity contribution in [1.82, 2.24) is 20.0 Å². The number of benzene rings is 2. The first-order valence-electron chi connectivity index (χ1n) is 11.6. The van der Waals surface area contributed by atoms with E-state index in [-0.39, 0.29) is 29.7 Å². The highest BCUT2D eigenvalue weighted by molar-refractivity contribution is 5.89. The number of hydrogen-bond acceptors (Lipinski definition) is 4. The molecule has 2 atom stereocenters. The normalized spacial score (nSPS) is 18.4. The van der Waals surface area contributed by atoms with Crippen molar-refractivity contribution in [3.8, 4) is 5.69 Å². The third-order valence-electron chi connectivity index (χ3n) is 6.19. The maximum absolute atomic E-state index is 14.6. The summed E-state index contributed by atoms with van der Waals surface area (Å²) in [5.74, 6) is 0.387. The third kappa shape index (κ3) is 5.46. The number of rotatable bonds is 8. The number of anilines is 1. The van der Waals surface area contributed by atoms with Gasteiger partial charge in [0.25, 0.3) is 0 Å². The van der Waals surface area contributed by atoms with Crippen LogP contribution in [0.4, 0.5) is 15.0 Å². The molecule has 1 aliphatic heterocycles. The van der Waals surface area contributed by atoms with E-state index in [1.54, 1.807) is 23.9 Å². The lowest BCUT2D eigenvalue weighted by Gasteiger charge is -2.21. The zero-order chi connectivity index (χ0) is 24.1. The van der Waals surface area contributed by atoms with Crippen LogP contribution in [0.25, 0.3) is 5.69 Å². The molecule has 1 aromatic heterocycles. The van der Waals surface area contributed by atoms with Crippen molar-refractivity contribution in [3.05, 3.63) is 77.7 Å². The summed E-state index contributed by atoms with van der Waals surface area (Å²) >= 11 is 0. The van der Waals surface area contributed by atoms with E-state index in [1.807, 2.05) is 42.5 Å². The highest BCUT2D eigenvalue weighted by Crippen LogP contribution is 2.30. The Labute approximate surface area is 199 Å². The van der Waals surface area contributed by atoms with E-state index in [4.69, 9.17) is 4.74 Å². The molecule has 4 rings (SSSR count). The maximum atomic E-state index is 14.6. The summed E-state index contributed by atoms with van der Waals surface area (Å²) in [5.41, 5.74) is 2.36. The van der Waals surface area contributed by atoms with Crippen molar-refractivity contribution >= 4 is 11.8 Å². The van der Waals surface area contributed by atoms with E-state index in [2.05, 4.69) is 34.5 Å². The quantitative estimate of drug-likeness (QED) is 0.518. The number of ether oxygens (including phenoxy) is 1. The molecular weight excluding hydrogens is 433 g/mol. The molecule has 2 amide bonds. The van der Waals surface area contributed by atoms with Gasteiger partial charge in [-0.05, 0) is 29.7 Å². The van der Waals surface area contributed by atoms with E-state index in [0.29, 0.717) is 31.1 Å². The number of para-hydroxylation sites is 1. The first-order chi connectivity index (χ1) is 16.5. The fourth-order valence-electron chi connectivity index (χ4n) is 4.38. The van der Waals surface area contributed by atoms with Crippen LogP contribution in [0, 0.1) is 5.82 Å². The van der Waals surface area contributed by atoms with Crippen molar-refractivity contribution in [2.45, 2.75) is 31.7 Å². The number of halogens is 1. The van der Waals surface area contributed by atoms with Crippen molar-refractivity contribution in [3.63, 3.8) is 0 Å². The smallest absolute Gasteiger partial charge is 0.320 e. The lowest BCUT2D eigenvalue weighted by Crippen LogP contribution is -2.42. The van der Waals surface area contributed by atoms with Gasteiger partial charge in [-0.25, -0.2) is 13.9 Å². The van der Waals surface area contributed by atoms with Gasteiger partial charge in [-0.1, -0.05) is 50.2 Å². The minimum atomic E-state index is -0.340. The maximum Gasteiger partial charge on any atom is 0.320 e. The number of carbonyl (C=O) groups excluding carboxylic acids is 1. The summed E-state index contributed by atoms with van der Waals surface area (Å²) in [4.78, 5) is 15.3. The van der Waals surface area contributed by atoms with Gasteiger partial charge in [0.2, 0.25) is 0 Å².